The second-order valence-electron chi connectivity index (χ2n) is 7.76. The molecule has 0 radical (unpaired) electrons. The van der Waals surface area contributed by atoms with Crippen LogP contribution in [0.5, 0.6) is 0 Å². The number of carboxylic acids is 1. The molecule has 6 nitrogen and oxygen atoms in total. The van der Waals surface area contributed by atoms with Gasteiger partial charge in [0, 0.05) is 32.0 Å². The Hall–Kier alpha value is -2.37. The van der Waals surface area contributed by atoms with Crippen molar-refractivity contribution < 1.29 is 19.5 Å². The van der Waals surface area contributed by atoms with Gasteiger partial charge in [0.05, 0.1) is 0 Å². The van der Waals surface area contributed by atoms with E-state index < -0.39 is 5.97 Å². The van der Waals surface area contributed by atoms with E-state index in [0.29, 0.717) is 25.4 Å². The summed E-state index contributed by atoms with van der Waals surface area (Å²) in [6, 6.07) is 8.14. The molecule has 2 aliphatic rings. The Morgan fingerprint density at radius 2 is 1.93 bits per heavy atom. The molecule has 0 spiro atoms. The first kappa shape index (κ1) is 19.4. The van der Waals surface area contributed by atoms with Crippen molar-refractivity contribution in [1.29, 1.82) is 0 Å². The molecule has 3 rings (SSSR count). The van der Waals surface area contributed by atoms with Crippen LogP contribution in [0.15, 0.2) is 24.3 Å². The minimum atomic E-state index is -0.999. The maximum atomic E-state index is 12.9. The van der Waals surface area contributed by atoms with Gasteiger partial charge < -0.3 is 14.9 Å². The predicted octanol–water partition coefficient (Wildman–Crippen LogP) is 2.41. The van der Waals surface area contributed by atoms with Crippen molar-refractivity contribution in [3.05, 3.63) is 35.4 Å². The van der Waals surface area contributed by atoms with E-state index in [-0.39, 0.29) is 30.3 Å². The molecule has 1 aliphatic carbocycles. The molecular weight excluding hydrogens is 344 g/mol. The van der Waals surface area contributed by atoms with Gasteiger partial charge >= 0.3 is 5.97 Å². The van der Waals surface area contributed by atoms with Gasteiger partial charge in [0.1, 0.15) is 6.54 Å². The van der Waals surface area contributed by atoms with Crippen molar-refractivity contribution in [2.45, 2.75) is 51.5 Å². The molecule has 1 aromatic rings. The maximum absolute atomic E-state index is 12.9. The monoisotopic (exact) mass is 372 g/mol. The van der Waals surface area contributed by atoms with Crippen LogP contribution in [0.4, 0.5) is 0 Å². The Morgan fingerprint density at radius 1 is 1.19 bits per heavy atom. The highest BCUT2D eigenvalue weighted by Crippen LogP contribution is 2.49. The van der Waals surface area contributed by atoms with Gasteiger partial charge in [0.25, 0.3) is 0 Å². The number of hydrogen-bond acceptors (Lipinski definition) is 3. The lowest BCUT2D eigenvalue weighted by atomic mass is 10.0. The standard InChI is InChI=1S/C21H28N2O4/c1-14-6-3-4-8-17(14)18-12-19(18)21(27)22-10-5-7-16(9-11-22)23(15(2)24)13-20(25)26/h3-4,6,8,16,18-19H,5,7,9-13H2,1-2H3,(H,25,26)/t16-,18-,19-/m1/s1. The summed E-state index contributed by atoms with van der Waals surface area (Å²) in [7, 11) is 0. The number of nitrogens with zero attached hydrogens (tertiary/aromatic N) is 2. The number of benzene rings is 1. The van der Waals surface area contributed by atoms with Gasteiger partial charge in [-0.05, 0) is 49.7 Å². The van der Waals surface area contributed by atoms with Crippen LogP contribution >= 0.6 is 0 Å². The van der Waals surface area contributed by atoms with Crippen molar-refractivity contribution in [2.75, 3.05) is 19.6 Å². The SMILES string of the molecule is CC(=O)N(CC(=O)O)[C@@H]1CCCN(C(=O)[C@@H]2C[C@@H]2c2ccccc2C)CC1. The van der Waals surface area contributed by atoms with Crippen LogP contribution in [-0.2, 0) is 14.4 Å². The van der Waals surface area contributed by atoms with Gasteiger partial charge in [-0.15, -0.1) is 0 Å². The number of hydrogen-bond donors (Lipinski definition) is 1. The van der Waals surface area contributed by atoms with Crippen LogP contribution in [0.2, 0.25) is 0 Å². The molecule has 1 saturated heterocycles. The molecule has 1 saturated carbocycles. The van der Waals surface area contributed by atoms with Gasteiger partial charge in [-0.3, -0.25) is 14.4 Å². The molecular formula is C21H28N2O4. The second kappa shape index (κ2) is 8.11. The molecule has 0 bridgehead atoms. The summed E-state index contributed by atoms with van der Waals surface area (Å²) in [5.41, 5.74) is 2.51. The molecule has 1 aromatic carbocycles. The summed E-state index contributed by atoms with van der Waals surface area (Å²) in [5.74, 6) is -0.633. The van der Waals surface area contributed by atoms with Gasteiger partial charge in [-0.2, -0.15) is 0 Å². The third-order valence-electron chi connectivity index (χ3n) is 5.86. The summed E-state index contributed by atoms with van der Waals surface area (Å²) in [6.07, 6.45) is 3.08. The lowest BCUT2D eigenvalue weighted by Crippen LogP contribution is -2.43. The Bertz CT molecular complexity index is 733. The quantitative estimate of drug-likeness (QED) is 0.861. The highest BCUT2D eigenvalue weighted by Gasteiger charge is 2.46. The van der Waals surface area contributed by atoms with E-state index in [0.717, 1.165) is 19.3 Å². The molecule has 2 amide bonds. The summed E-state index contributed by atoms with van der Waals surface area (Å²) in [5, 5.41) is 9.06. The highest BCUT2D eigenvalue weighted by atomic mass is 16.4. The summed E-state index contributed by atoms with van der Waals surface area (Å²) < 4.78 is 0. The first-order valence-electron chi connectivity index (χ1n) is 9.71. The van der Waals surface area contributed by atoms with Crippen LogP contribution in [0.3, 0.4) is 0 Å². The van der Waals surface area contributed by atoms with E-state index in [9.17, 15) is 14.4 Å². The second-order valence-corrected chi connectivity index (χ2v) is 7.76. The molecule has 27 heavy (non-hydrogen) atoms. The highest BCUT2D eigenvalue weighted by molar-refractivity contribution is 5.83. The number of carbonyl (C=O) groups excluding carboxylic acids is 2. The molecule has 1 heterocycles. The first-order chi connectivity index (χ1) is 12.9. The summed E-state index contributed by atoms with van der Waals surface area (Å²) in [6.45, 7) is 4.50. The van der Waals surface area contributed by atoms with E-state index in [1.54, 1.807) is 0 Å². The van der Waals surface area contributed by atoms with Gasteiger partial charge in [0.15, 0.2) is 0 Å². The molecule has 2 fully saturated rings. The molecule has 0 aromatic heterocycles. The largest absolute Gasteiger partial charge is 0.480 e. The maximum Gasteiger partial charge on any atom is 0.323 e. The fourth-order valence-corrected chi connectivity index (χ4v) is 4.30. The first-order valence-corrected chi connectivity index (χ1v) is 9.71. The Morgan fingerprint density at radius 3 is 2.59 bits per heavy atom. The normalized spacial score (nSPS) is 24.8. The van der Waals surface area contributed by atoms with E-state index in [4.69, 9.17) is 5.11 Å². The summed E-state index contributed by atoms with van der Waals surface area (Å²) >= 11 is 0. The minimum Gasteiger partial charge on any atom is -0.480 e. The van der Waals surface area contributed by atoms with Crippen molar-refractivity contribution >= 4 is 17.8 Å². The zero-order valence-electron chi connectivity index (χ0n) is 16.1. The Labute approximate surface area is 160 Å². The van der Waals surface area contributed by atoms with Gasteiger partial charge in [-0.25, -0.2) is 0 Å². The van der Waals surface area contributed by atoms with E-state index in [2.05, 4.69) is 19.1 Å². The molecule has 0 unspecified atom stereocenters. The number of likely N-dealkylation sites (tertiary alicyclic amines) is 1. The van der Waals surface area contributed by atoms with Crippen LogP contribution in [0, 0.1) is 12.8 Å². The van der Waals surface area contributed by atoms with Crippen LogP contribution in [0.25, 0.3) is 0 Å². The average Bonchev–Trinajstić information content (AvgIpc) is 3.43. The number of carbonyl (C=O) groups is 3. The Kier molecular flexibility index (Phi) is 5.82. The van der Waals surface area contributed by atoms with Crippen molar-refractivity contribution in [1.82, 2.24) is 9.80 Å². The van der Waals surface area contributed by atoms with Crippen molar-refractivity contribution in [3.63, 3.8) is 0 Å². The van der Waals surface area contributed by atoms with Crippen LogP contribution in [0.1, 0.15) is 49.7 Å². The number of carboxylic acid groups (broad SMARTS) is 1. The number of aryl methyl sites for hydroxylation is 1. The van der Waals surface area contributed by atoms with E-state index >= 15 is 0 Å². The zero-order chi connectivity index (χ0) is 19.6. The number of rotatable bonds is 5. The number of amides is 2. The lowest BCUT2D eigenvalue weighted by molar-refractivity contribution is -0.145. The minimum absolute atomic E-state index is 0.0607. The van der Waals surface area contributed by atoms with Crippen LogP contribution in [-0.4, -0.2) is 58.4 Å². The average molecular weight is 372 g/mol. The fourth-order valence-electron chi connectivity index (χ4n) is 4.30. The predicted molar refractivity (Wildman–Crippen MR) is 101 cm³/mol. The van der Waals surface area contributed by atoms with Gasteiger partial charge in [-0.1, -0.05) is 24.3 Å². The Balaban J connectivity index is 1.60. The fraction of sp³-hybridized carbons (Fsp3) is 0.571. The smallest absolute Gasteiger partial charge is 0.323 e. The summed E-state index contributed by atoms with van der Waals surface area (Å²) in [4.78, 5) is 39.2. The van der Waals surface area contributed by atoms with Crippen molar-refractivity contribution in [2.24, 2.45) is 5.92 Å². The lowest BCUT2D eigenvalue weighted by Gasteiger charge is -2.29. The third-order valence-corrected chi connectivity index (χ3v) is 5.86. The van der Waals surface area contributed by atoms with Crippen LogP contribution < -0.4 is 0 Å². The van der Waals surface area contributed by atoms with E-state index in [1.165, 1.54) is 23.0 Å². The molecule has 1 aliphatic heterocycles. The van der Waals surface area contributed by atoms with E-state index in [1.807, 2.05) is 17.0 Å². The topological polar surface area (TPSA) is 77.9 Å². The molecule has 6 heteroatoms. The van der Waals surface area contributed by atoms with Crippen molar-refractivity contribution in [3.8, 4) is 0 Å². The molecule has 3 atom stereocenters. The zero-order valence-corrected chi connectivity index (χ0v) is 16.1. The molecule has 1 N–H and O–H groups in total. The van der Waals surface area contributed by atoms with Gasteiger partial charge in [0.2, 0.25) is 11.8 Å². The third kappa shape index (κ3) is 4.49. The molecule has 146 valence electrons. The number of aliphatic carboxylic acids is 1.